The van der Waals surface area contributed by atoms with Gasteiger partial charge in [-0.05, 0) is 29.3 Å². The Balaban J connectivity index is 1.77. The molecule has 20 heavy (non-hydrogen) atoms. The second kappa shape index (κ2) is 6.83. The Bertz CT molecular complexity index is 616. The topological polar surface area (TPSA) is 71.3 Å². The Morgan fingerprint density at radius 3 is 2.90 bits per heavy atom. The number of aliphatic hydroxyl groups is 1. The third kappa shape index (κ3) is 3.78. The van der Waals surface area contributed by atoms with Crippen molar-refractivity contribution in [3.63, 3.8) is 0 Å². The molecule has 2 heterocycles. The zero-order chi connectivity index (χ0) is 14.5. The highest BCUT2D eigenvalue weighted by Gasteiger charge is 2.10. The molecule has 5 nitrogen and oxygen atoms in total. The maximum Gasteiger partial charge on any atom is 0.307 e. The highest BCUT2D eigenvalue weighted by Crippen LogP contribution is 2.15. The first kappa shape index (κ1) is 15.0. The number of nitrogens with zero attached hydrogens (tertiary/aromatic N) is 1. The molecule has 0 aromatic carbocycles. The Morgan fingerprint density at radius 1 is 1.50 bits per heavy atom. The molecule has 2 rings (SSSR count). The van der Waals surface area contributed by atoms with E-state index < -0.39 is 6.10 Å². The largest absolute Gasteiger partial charge is 0.387 e. The number of aryl methyl sites for hydroxylation is 1. The van der Waals surface area contributed by atoms with Crippen LogP contribution >= 0.6 is 22.7 Å². The summed E-state index contributed by atoms with van der Waals surface area (Å²) in [5.74, 6) is -0.170. The third-order valence-electron chi connectivity index (χ3n) is 2.96. The molecule has 0 saturated heterocycles. The Labute approximate surface area is 124 Å². The first-order valence-electron chi connectivity index (χ1n) is 6.19. The van der Waals surface area contributed by atoms with Crippen molar-refractivity contribution in [1.82, 2.24) is 9.88 Å². The van der Waals surface area contributed by atoms with E-state index in [2.05, 4.69) is 5.32 Å². The Hall–Kier alpha value is -1.44. The summed E-state index contributed by atoms with van der Waals surface area (Å²) in [6.07, 6.45) is -0.454. The highest BCUT2D eigenvalue weighted by atomic mass is 32.1. The van der Waals surface area contributed by atoms with Crippen molar-refractivity contribution >= 4 is 28.6 Å². The van der Waals surface area contributed by atoms with Gasteiger partial charge in [0.2, 0.25) is 5.91 Å². The predicted octanol–water partition coefficient (Wildman–Crippen LogP) is 1.52. The molecule has 2 aromatic heterocycles. The second-order valence-corrected chi connectivity index (χ2v) is 6.02. The lowest BCUT2D eigenvalue weighted by molar-refractivity contribution is -0.121. The fourth-order valence-electron chi connectivity index (χ4n) is 1.77. The molecule has 7 heteroatoms. The molecule has 1 amide bonds. The summed E-state index contributed by atoms with van der Waals surface area (Å²) in [6, 6.07) is 1.83. The molecule has 0 radical (unpaired) electrons. The van der Waals surface area contributed by atoms with E-state index in [1.54, 1.807) is 9.95 Å². The summed E-state index contributed by atoms with van der Waals surface area (Å²) < 4.78 is 1.58. The maximum atomic E-state index is 11.7. The fraction of sp³-hybridized carbons (Fsp3) is 0.385. The van der Waals surface area contributed by atoms with Crippen molar-refractivity contribution in [3.8, 4) is 0 Å². The van der Waals surface area contributed by atoms with E-state index in [4.69, 9.17) is 0 Å². The molecule has 0 spiro atoms. The van der Waals surface area contributed by atoms with Gasteiger partial charge in [0.1, 0.15) is 0 Å². The van der Waals surface area contributed by atoms with Gasteiger partial charge in [-0.25, -0.2) is 0 Å². The minimum absolute atomic E-state index is 0.0476. The van der Waals surface area contributed by atoms with Crippen molar-refractivity contribution in [3.05, 3.63) is 43.1 Å². The molecule has 108 valence electrons. The van der Waals surface area contributed by atoms with Gasteiger partial charge >= 0.3 is 4.87 Å². The molecule has 0 bridgehead atoms. The van der Waals surface area contributed by atoms with E-state index in [0.717, 1.165) is 22.6 Å². The first-order chi connectivity index (χ1) is 9.58. The lowest BCUT2D eigenvalue weighted by atomic mass is 10.2. The predicted molar refractivity (Wildman–Crippen MR) is 80.2 cm³/mol. The number of thiophene rings is 1. The van der Waals surface area contributed by atoms with Crippen LogP contribution in [0.4, 0.5) is 0 Å². The minimum Gasteiger partial charge on any atom is -0.387 e. The van der Waals surface area contributed by atoms with E-state index >= 15 is 0 Å². The van der Waals surface area contributed by atoms with Gasteiger partial charge < -0.3 is 15.0 Å². The van der Waals surface area contributed by atoms with Gasteiger partial charge in [0, 0.05) is 30.6 Å². The minimum atomic E-state index is -0.684. The summed E-state index contributed by atoms with van der Waals surface area (Å²) in [4.78, 5) is 23.1. The number of hydrogen-bond donors (Lipinski definition) is 2. The number of hydrogen-bond acceptors (Lipinski definition) is 5. The zero-order valence-electron chi connectivity index (χ0n) is 11.0. The maximum absolute atomic E-state index is 11.7. The monoisotopic (exact) mass is 312 g/mol. The smallest absolute Gasteiger partial charge is 0.307 e. The molecule has 0 aliphatic rings. The lowest BCUT2D eigenvalue weighted by Gasteiger charge is -2.11. The van der Waals surface area contributed by atoms with Crippen LogP contribution in [0.25, 0.3) is 0 Å². The molecule has 2 N–H and O–H groups in total. The van der Waals surface area contributed by atoms with Gasteiger partial charge in [-0.2, -0.15) is 11.3 Å². The number of rotatable bonds is 6. The number of aliphatic hydroxyl groups excluding tert-OH is 1. The summed E-state index contributed by atoms with van der Waals surface area (Å²) >= 11 is 2.64. The fourth-order valence-corrected chi connectivity index (χ4v) is 3.24. The van der Waals surface area contributed by atoms with Gasteiger partial charge in [0.05, 0.1) is 6.10 Å². The van der Waals surface area contributed by atoms with E-state index in [-0.39, 0.29) is 23.7 Å². The quantitative estimate of drug-likeness (QED) is 0.849. The van der Waals surface area contributed by atoms with Gasteiger partial charge in [-0.15, -0.1) is 0 Å². The average Bonchev–Trinajstić information content (AvgIpc) is 3.05. The average molecular weight is 312 g/mol. The van der Waals surface area contributed by atoms with Crippen molar-refractivity contribution in [2.75, 3.05) is 6.54 Å². The summed E-state index contributed by atoms with van der Waals surface area (Å²) in [5, 5.41) is 18.0. The Kier molecular flexibility index (Phi) is 5.11. The molecular weight excluding hydrogens is 296 g/mol. The van der Waals surface area contributed by atoms with Gasteiger partial charge in [-0.3, -0.25) is 9.59 Å². The molecular formula is C13H16N2O3S2. The van der Waals surface area contributed by atoms with E-state index in [1.165, 1.54) is 11.3 Å². The number of amides is 1. The van der Waals surface area contributed by atoms with E-state index in [0.29, 0.717) is 6.54 Å². The van der Waals surface area contributed by atoms with Crippen LogP contribution < -0.4 is 10.2 Å². The highest BCUT2D eigenvalue weighted by molar-refractivity contribution is 7.08. The van der Waals surface area contributed by atoms with Crippen molar-refractivity contribution in [2.24, 2.45) is 0 Å². The first-order valence-corrected chi connectivity index (χ1v) is 8.02. The molecule has 2 aromatic rings. The number of nitrogens with one attached hydrogen (secondary N) is 1. The summed E-state index contributed by atoms with van der Waals surface area (Å²) in [7, 11) is 0. The molecule has 0 aliphatic heterocycles. The van der Waals surface area contributed by atoms with Crippen LogP contribution in [0, 0.1) is 6.92 Å². The van der Waals surface area contributed by atoms with Crippen molar-refractivity contribution < 1.29 is 9.90 Å². The molecule has 1 atom stereocenters. The Morgan fingerprint density at radius 2 is 2.30 bits per heavy atom. The van der Waals surface area contributed by atoms with Gasteiger partial charge in [-0.1, -0.05) is 11.3 Å². The van der Waals surface area contributed by atoms with Gasteiger partial charge in [0.25, 0.3) is 0 Å². The second-order valence-electron chi connectivity index (χ2n) is 4.42. The van der Waals surface area contributed by atoms with Crippen molar-refractivity contribution in [2.45, 2.75) is 26.0 Å². The standard InChI is InChI=1S/C13H16N2O3S2/c1-9-7-20-13(18)15(9)4-2-12(17)14-6-11(16)10-3-5-19-8-10/h3,5,7-8,11,16H,2,4,6H2,1H3,(H,14,17). The van der Waals surface area contributed by atoms with Crippen LogP contribution in [0.3, 0.4) is 0 Å². The summed E-state index contributed by atoms with van der Waals surface area (Å²) in [6.45, 7) is 2.40. The van der Waals surface area contributed by atoms with E-state index in [9.17, 15) is 14.7 Å². The third-order valence-corrected chi connectivity index (χ3v) is 4.54. The van der Waals surface area contributed by atoms with Crippen LogP contribution in [-0.4, -0.2) is 22.1 Å². The lowest BCUT2D eigenvalue weighted by Crippen LogP contribution is -2.29. The number of aromatic nitrogens is 1. The normalized spacial score (nSPS) is 12.3. The van der Waals surface area contributed by atoms with Crippen molar-refractivity contribution in [1.29, 1.82) is 0 Å². The van der Waals surface area contributed by atoms with Crippen LogP contribution in [0.1, 0.15) is 23.8 Å². The van der Waals surface area contributed by atoms with Crippen LogP contribution in [0.5, 0.6) is 0 Å². The van der Waals surface area contributed by atoms with Crippen LogP contribution in [0.2, 0.25) is 0 Å². The molecule has 1 unspecified atom stereocenters. The van der Waals surface area contributed by atoms with Crippen LogP contribution in [0.15, 0.2) is 27.0 Å². The zero-order valence-corrected chi connectivity index (χ0v) is 12.7. The van der Waals surface area contributed by atoms with Gasteiger partial charge in [0.15, 0.2) is 0 Å². The molecule has 0 fully saturated rings. The SMILES string of the molecule is Cc1csc(=O)n1CCC(=O)NCC(O)c1ccsc1. The molecule has 0 aliphatic carbocycles. The number of thiazole rings is 1. The summed E-state index contributed by atoms with van der Waals surface area (Å²) in [5.41, 5.74) is 1.67. The number of carbonyl (C=O) groups is 1. The number of carbonyl (C=O) groups excluding carboxylic acids is 1. The molecule has 0 saturated carbocycles. The van der Waals surface area contributed by atoms with E-state index in [1.807, 2.05) is 23.8 Å². The van der Waals surface area contributed by atoms with Crippen LogP contribution in [-0.2, 0) is 11.3 Å².